The maximum atomic E-state index is 12.7. The number of phenols is 1. The van der Waals surface area contributed by atoms with E-state index in [1.54, 1.807) is 0 Å². The number of hydrogen-bond acceptors (Lipinski definition) is 4. The second-order valence-electron chi connectivity index (χ2n) is 8.53. The Morgan fingerprint density at radius 1 is 1.17 bits per heavy atom. The summed E-state index contributed by atoms with van der Waals surface area (Å²) in [6.07, 6.45) is 2.97. The number of likely N-dealkylation sites (tertiary alicyclic amines) is 1. The van der Waals surface area contributed by atoms with E-state index in [2.05, 4.69) is 11.8 Å². The minimum absolute atomic E-state index is 0.258. The van der Waals surface area contributed by atoms with Gasteiger partial charge in [0.05, 0.1) is 5.39 Å². The van der Waals surface area contributed by atoms with Crippen molar-refractivity contribution in [2.75, 3.05) is 13.1 Å². The Labute approximate surface area is 171 Å². The molecule has 0 spiro atoms. The van der Waals surface area contributed by atoms with Crippen LogP contribution < -0.4 is 5.63 Å². The third-order valence-electron chi connectivity index (χ3n) is 6.22. The van der Waals surface area contributed by atoms with Gasteiger partial charge in [-0.15, -0.1) is 0 Å². The van der Waals surface area contributed by atoms with Gasteiger partial charge in [-0.05, 0) is 61.9 Å². The van der Waals surface area contributed by atoms with Gasteiger partial charge in [-0.25, -0.2) is 4.79 Å². The van der Waals surface area contributed by atoms with Crippen molar-refractivity contribution < 1.29 is 9.52 Å². The van der Waals surface area contributed by atoms with Crippen molar-refractivity contribution >= 4 is 11.0 Å². The molecule has 2 aromatic carbocycles. The molecule has 4 rings (SSSR count). The monoisotopic (exact) mass is 391 g/mol. The fraction of sp³-hybridized carbons (Fsp3) is 0.400. The smallest absolute Gasteiger partial charge is 0.340 e. The summed E-state index contributed by atoms with van der Waals surface area (Å²) in [7, 11) is 0. The van der Waals surface area contributed by atoms with E-state index in [9.17, 15) is 9.90 Å². The topological polar surface area (TPSA) is 53.7 Å². The summed E-state index contributed by atoms with van der Waals surface area (Å²) in [6, 6.07) is 11.8. The lowest BCUT2D eigenvalue weighted by Gasteiger charge is -2.31. The number of phenolic OH excluding ortho intramolecular Hbond substituents is 1. The van der Waals surface area contributed by atoms with Crippen molar-refractivity contribution in [3.63, 3.8) is 0 Å². The second kappa shape index (κ2) is 8.03. The molecular weight excluding hydrogens is 362 g/mol. The Hall–Kier alpha value is -2.59. The molecule has 1 atom stereocenters. The zero-order chi connectivity index (χ0) is 20.5. The van der Waals surface area contributed by atoms with E-state index >= 15 is 0 Å². The first-order valence-electron chi connectivity index (χ1n) is 10.5. The zero-order valence-corrected chi connectivity index (χ0v) is 17.5. The van der Waals surface area contributed by atoms with E-state index in [1.165, 1.54) is 12.8 Å². The van der Waals surface area contributed by atoms with Crippen LogP contribution in [0.5, 0.6) is 5.75 Å². The van der Waals surface area contributed by atoms with Crippen molar-refractivity contribution in [2.24, 2.45) is 5.92 Å². The van der Waals surface area contributed by atoms with Gasteiger partial charge < -0.3 is 9.52 Å². The van der Waals surface area contributed by atoms with Crippen molar-refractivity contribution in [2.45, 2.75) is 46.6 Å². The first kappa shape index (κ1) is 19.7. The van der Waals surface area contributed by atoms with Crippen LogP contribution in [0, 0.1) is 19.8 Å². The predicted molar refractivity (Wildman–Crippen MR) is 117 cm³/mol. The molecule has 0 bridgehead atoms. The highest BCUT2D eigenvalue weighted by Crippen LogP contribution is 2.36. The molecule has 1 fully saturated rings. The van der Waals surface area contributed by atoms with Crippen molar-refractivity contribution in [3.8, 4) is 5.75 Å². The molecule has 0 radical (unpaired) electrons. The van der Waals surface area contributed by atoms with Crippen LogP contribution >= 0.6 is 0 Å². The fourth-order valence-electron chi connectivity index (χ4n) is 4.58. The molecule has 0 saturated carbocycles. The number of fused-ring (bicyclic) bond motifs is 1. The molecule has 1 aromatic heterocycles. The van der Waals surface area contributed by atoms with Gasteiger partial charge in [-0.1, -0.05) is 37.3 Å². The van der Waals surface area contributed by atoms with Crippen molar-refractivity contribution in [1.82, 2.24) is 4.90 Å². The Morgan fingerprint density at radius 2 is 1.93 bits per heavy atom. The van der Waals surface area contributed by atoms with E-state index in [-0.39, 0.29) is 11.4 Å². The maximum absolute atomic E-state index is 12.7. The number of hydrogen-bond donors (Lipinski definition) is 1. The lowest BCUT2D eigenvalue weighted by atomic mass is 9.95. The fourth-order valence-corrected chi connectivity index (χ4v) is 4.58. The number of piperidine rings is 1. The summed E-state index contributed by atoms with van der Waals surface area (Å²) < 4.78 is 5.64. The van der Waals surface area contributed by atoms with E-state index in [0.717, 1.165) is 41.9 Å². The third kappa shape index (κ3) is 3.95. The van der Waals surface area contributed by atoms with Crippen LogP contribution in [-0.4, -0.2) is 23.1 Å². The minimum atomic E-state index is -0.324. The number of aromatic hydroxyl groups is 1. The predicted octanol–water partition coefficient (Wildman–Crippen LogP) is 4.94. The molecule has 1 N–H and O–H groups in total. The molecule has 152 valence electrons. The maximum Gasteiger partial charge on any atom is 0.340 e. The van der Waals surface area contributed by atoms with Crippen LogP contribution in [0.3, 0.4) is 0 Å². The van der Waals surface area contributed by atoms with Gasteiger partial charge in [0.1, 0.15) is 11.3 Å². The molecule has 0 aliphatic carbocycles. The summed E-state index contributed by atoms with van der Waals surface area (Å²) in [5, 5.41) is 11.9. The first-order valence-corrected chi connectivity index (χ1v) is 10.5. The Kier molecular flexibility index (Phi) is 5.46. The molecule has 29 heavy (non-hydrogen) atoms. The van der Waals surface area contributed by atoms with Gasteiger partial charge in [0.25, 0.3) is 0 Å². The largest absolute Gasteiger partial charge is 0.507 e. The highest BCUT2D eigenvalue weighted by atomic mass is 16.4. The summed E-state index contributed by atoms with van der Waals surface area (Å²) in [5.74, 6) is 0.942. The van der Waals surface area contributed by atoms with Crippen LogP contribution in [0.4, 0.5) is 0 Å². The van der Waals surface area contributed by atoms with Gasteiger partial charge in [-0.2, -0.15) is 0 Å². The lowest BCUT2D eigenvalue weighted by molar-refractivity contribution is 0.175. The minimum Gasteiger partial charge on any atom is -0.507 e. The molecule has 2 heterocycles. The molecule has 4 heteroatoms. The van der Waals surface area contributed by atoms with Crippen LogP contribution in [0.15, 0.2) is 45.6 Å². The van der Waals surface area contributed by atoms with E-state index in [1.807, 2.05) is 50.2 Å². The van der Waals surface area contributed by atoms with E-state index < -0.39 is 0 Å². The van der Waals surface area contributed by atoms with Crippen LogP contribution in [0.2, 0.25) is 0 Å². The SMILES string of the molecule is Cc1cc2oc(=O)c(Cc3ccccc3)c(C)c2c(O)c1CN1CCCC(C)C1. The van der Waals surface area contributed by atoms with E-state index in [0.29, 0.717) is 28.9 Å². The molecule has 4 nitrogen and oxygen atoms in total. The van der Waals surface area contributed by atoms with Crippen LogP contribution in [0.25, 0.3) is 11.0 Å². The Bertz CT molecular complexity index is 1080. The summed E-state index contributed by atoms with van der Waals surface area (Å²) in [5.41, 5.74) is 4.52. The number of rotatable bonds is 4. The summed E-state index contributed by atoms with van der Waals surface area (Å²) >= 11 is 0. The van der Waals surface area contributed by atoms with Crippen molar-refractivity contribution in [1.29, 1.82) is 0 Å². The highest BCUT2D eigenvalue weighted by molar-refractivity contribution is 5.89. The first-order chi connectivity index (χ1) is 13.9. The van der Waals surface area contributed by atoms with Gasteiger partial charge in [0.15, 0.2) is 0 Å². The Morgan fingerprint density at radius 3 is 2.66 bits per heavy atom. The number of benzene rings is 2. The molecule has 1 saturated heterocycles. The van der Waals surface area contributed by atoms with Gasteiger partial charge in [-0.3, -0.25) is 4.90 Å². The normalized spacial score (nSPS) is 17.7. The van der Waals surface area contributed by atoms with Gasteiger partial charge in [0.2, 0.25) is 0 Å². The van der Waals surface area contributed by atoms with Gasteiger partial charge >= 0.3 is 5.63 Å². The summed E-state index contributed by atoms with van der Waals surface area (Å²) in [4.78, 5) is 15.1. The molecule has 1 aliphatic heterocycles. The number of nitrogens with zero attached hydrogens (tertiary/aromatic N) is 1. The molecule has 3 aromatic rings. The number of aryl methyl sites for hydroxylation is 2. The average molecular weight is 392 g/mol. The molecular formula is C25H29NO3. The lowest BCUT2D eigenvalue weighted by Crippen LogP contribution is -2.33. The Balaban J connectivity index is 1.78. The van der Waals surface area contributed by atoms with Crippen LogP contribution in [-0.2, 0) is 13.0 Å². The highest BCUT2D eigenvalue weighted by Gasteiger charge is 2.22. The quantitative estimate of drug-likeness (QED) is 0.640. The molecule has 0 amide bonds. The standard InChI is InChI=1S/C25H29NO3/c1-16-8-7-11-26(14-16)15-21-17(2)12-22-23(24(21)27)18(3)20(25(28)29-22)13-19-9-5-4-6-10-19/h4-6,9-10,12,16,27H,7-8,11,13-15H2,1-3H3. The summed E-state index contributed by atoms with van der Waals surface area (Å²) in [6.45, 7) is 9.02. The van der Waals surface area contributed by atoms with Crippen LogP contribution in [0.1, 0.15) is 47.6 Å². The second-order valence-corrected chi connectivity index (χ2v) is 8.53. The van der Waals surface area contributed by atoms with Crippen molar-refractivity contribution in [3.05, 3.63) is 74.6 Å². The zero-order valence-electron chi connectivity index (χ0n) is 17.5. The van der Waals surface area contributed by atoms with Gasteiger partial charge in [0, 0.05) is 30.6 Å². The van der Waals surface area contributed by atoms with E-state index in [4.69, 9.17) is 4.42 Å². The third-order valence-corrected chi connectivity index (χ3v) is 6.22. The molecule has 1 unspecified atom stereocenters. The molecule has 1 aliphatic rings. The average Bonchev–Trinajstić information content (AvgIpc) is 2.69.